The minimum absolute atomic E-state index is 0.0498. The van der Waals surface area contributed by atoms with Gasteiger partial charge in [0, 0.05) is 25.0 Å². The van der Waals surface area contributed by atoms with Crippen molar-refractivity contribution in [3.63, 3.8) is 0 Å². The van der Waals surface area contributed by atoms with Crippen molar-refractivity contribution in [3.8, 4) is 0 Å². The van der Waals surface area contributed by atoms with Crippen molar-refractivity contribution >= 4 is 35.5 Å². The SMILES string of the molecule is O=C(CN1C(=O)C=CC1=O)NCc1cn(CCOCCOCCOCCOCCOCCOCCOCCOCCC(=O)ON2C(=O)CCC2=O)nn1. The van der Waals surface area contributed by atoms with E-state index < -0.39 is 35.5 Å². The van der Waals surface area contributed by atoms with Crippen LogP contribution in [0, 0.1) is 0 Å². The van der Waals surface area contributed by atoms with E-state index in [0.717, 1.165) is 17.1 Å². The van der Waals surface area contributed by atoms with Crippen LogP contribution in [-0.4, -0.2) is 173 Å². The second kappa shape index (κ2) is 26.5. The zero-order chi connectivity index (χ0) is 37.9. The van der Waals surface area contributed by atoms with E-state index in [2.05, 4.69) is 15.6 Å². The van der Waals surface area contributed by atoms with Gasteiger partial charge in [0.2, 0.25) is 5.91 Å². The van der Waals surface area contributed by atoms with Gasteiger partial charge >= 0.3 is 5.97 Å². The van der Waals surface area contributed by atoms with Gasteiger partial charge in [-0.15, -0.1) is 10.2 Å². The van der Waals surface area contributed by atoms with E-state index >= 15 is 0 Å². The van der Waals surface area contributed by atoms with Crippen LogP contribution in [0.2, 0.25) is 0 Å². The summed E-state index contributed by atoms with van der Waals surface area (Å²) in [5.74, 6) is -3.26. The highest BCUT2D eigenvalue weighted by molar-refractivity contribution is 6.14. The van der Waals surface area contributed by atoms with Crippen molar-refractivity contribution < 1.29 is 71.5 Å². The van der Waals surface area contributed by atoms with Gasteiger partial charge in [0.1, 0.15) is 12.2 Å². The number of hydrogen-bond acceptors (Lipinski definition) is 17. The number of carbonyl (C=O) groups is 6. The number of aromatic nitrogens is 3. The van der Waals surface area contributed by atoms with E-state index in [9.17, 15) is 28.8 Å². The van der Waals surface area contributed by atoms with Gasteiger partial charge in [-0.05, 0) is 0 Å². The number of ether oxygens (including phenoxy) is 8. The van der Waals surface area contributed by atoms with Crippen LogP contribution < -0.4 is 5.32 Å². The first kappa shape index (κ1) is 43.2. The van der Waals surface area contributed by atoms with E-state index in [1.54, 1.807) is 10.9 Å². The second-order valence-corrected chi connectivity index (χ2v) is 11.0. The monoisotopic (exact) mass is 756 g/mol. The molecule has 0 saturated carbocycles. The Kier molecular flexibility index (Phi) is 21.6. The molecule has 5 amide bonds. The summed E-state index contributed by atoms with van der Waals surface area (Å²) < 4.78 is 45.0. The highest BCUT2D eigenvalue weighted by atomic mass is 16.7. The molecule has 2 aliphatic heterocycles. The van der Waals surface area contributed by atoms with E-state index in [0.29, 0.717) is 110 Å². The molecule has 1 aromatic heterocycles. The summed E-state index contributed by atoms with van der Waals surface area (Å²) >= 11 is 0. The van der Waals surface area contributed by atoms with Gasteiger partial charge < -0.3 is 48.0 Å². The van der Waals surface area contributed by atoms with Crippen LogP contribution in [-0.2, 0) is 84.6 Å². The summed E-state index contributed by atoms with van der Waals surface area (Å²) in [5.41, 5.74) is 0.526. The lowest BCUT2D eigenvalue weighted by Gasteiger charge is -2.12. The smallest absolute Gasteiger partial charge is 0.335 e. The molecule has 3 rings (SSSR count). The van der Waals surface area contributed by atoms with E-state index in [1.807, 2.05) is 0 Å². The zero-order valence-corrected chi connectivity index (χ0v) is 29.6. The number of imide groups is 2. The quantitative estimate of drug-likeness (QED) is 0.0615. The number of carbonyl (C=O) groups excluding carboxylic acids is 6. The van der Waals surface area contributed by atoms with Crippen LogP contribution in [0.5, 0.6) is 0 Å². The summed E-state index contributed by atoms with van der Waals surface area (Å²) in [5, 5.41) is 11.1. The molecule has 0 bridgehead atoms. The summed E-state index contributed by atoms with van der Waals surface area (Å²) in [6, 6.07) is 0. The molecule has 0 aliphatic carbocycles. The Balaban J connectivity index is 0.964. The largest absolute Gasteiger partial charge is 0.378 e. The molecular formula is C32H48N6O15. The Morgan fingerprint density at radius 1 is 0.623 bits per heavy atom. The molecule has 53 heavy (non-hydrogen) atoms. The molecule has 0 atom stereocenters. The van der Waals surface area contributed by atoms with E-state index in [-0.39, 0.29) is 45.6 Å². The molecule has 3 heterocycles. The molecule has 1 saturated heterocycles. The van der Waals surface area contributed by atoms with Crippen molar-refractivity contribution in [1.29, 1.82) is 0 Å². The number of hydrogen-bond donors (Lipinski definition) is 1. The Labute approximate surface area is 305 Å². The van der Waals surface area contributed by atoms with Gasteiger partial charge in [0.15, 0.2) is 0 Å². The average molecular weight is 757 g/mol. The maximum absolute atomic E-state index is 12.0. The van der Waals surface area contributed by atoms with Crippen molar-refractivity contribution in [1.82, 2.24) is 30.3 Å². The van der Waals surface area contributed by atoms with Gasteiger partial charge in [-0.2, -0.15) is 0 Å². The molecule has 1 fully saturated rings. The predicted octanol–water partition coefficient (Wildman–Crippen LogP) is -2.05. The molecule has 296 valence electrons. The van der Waals surface area contributed by atoms with Gasteiger partial charge in [-0.1, -0.05) is 5.21 Å². The van der Waals surface area contributed by atoms with Crippen molar-refractivity contribution in [2.75, 3.05) is 112 Å². The minimum atomic E-state index is -0.710. The third-order valence-electron chi connectivity index (χ3n) is 6.97. The van der Waals surface area contributed by atoms with Gasteiger partial charge in [0.05, 0.1) is 131 Å². The zero-order valence-electron chi connectivity index (χ0n) is 29.6. The first-order valence-electron chi connectivity index (χ1n) is 17.2. The fourth-order valence-corrected chi connectivity index (χ4v) is 4.26. The first-order valence-corrected chi connectivity index (χ1v) is 17.2. The van der Waals surface area contributed by atoms with Crippen LogP contribution >= 0.6 is 0 Å². The van der Waals surface area contributed by atoms with Crippen LogP contribution in [0.25, 0.3) is 0 Å². The predicted molar refractivity (Wildman–Crippen MR) is 176 cm³/mol. The van der Waals surface area contributed by atoms with Crippen LogP contribution in [0.1, 0.15) is 25.0 Å². The Morgan fingerprint density at radius 2 is 1.06 bits per heavy atom. The average Bonchev–Trinajstić information content (AvgIpc) is 3.83. The molecule has 0 unspecified atom stereocenters. The normalized spacial score (nSPS) is 14.3. The standard InChI is InChI=1S/C32H48N6O15/c39-27(25-37-28(40)1-2-29(37)41)33-23-26-24-36(35-34-26)6-8-46-10-12-48-14-16-50-18-20-52-22-21-51-19-17-49-15-13-47-11-9-45-7-5-32(44)53-38-30(42)3-4-31(38)43/h1-2,24H,3-23,25H2,(H,33,39). The van der Waals surface area contributed by atoms with Crippen molar-refractivity contribution in [2.45, 2.75) is 32.4 Å². The Morgan fingerprint density at radius 3 is 1.53 bits per heavy atom. The third kappa shape index (κ3) is 18.9. The molecule has 1 N–H and O–H groups in total. The molecular weight excluding hydrogens is 708 g/mol. The lowest BCUT2D eigenvalue weighted by Crippen LogP contribution is -2.40. The number of rotatable bonds is 32. The first-order chi connectivity index (χ1) is 25.8. The van der Waals surface area contributed by atoms with Gasteiger partial charge in [-0.3, -0.25) is 28.9 Å². The molecule has 0 radical (unpaired) electrons. The lowest BCUT2D eigenvalue weighted by molar-refractivity contribution is -0.198. The lowest BCUT2D eigenvalue weighted by atomic mass is 10.4. The highest BCUT2D eigenvalue weighted by Gasteiger charge is 2.32. The number of nitrogens with one attached hydrogen (secondary N) is 1. The summed E-state index contributed by atoms with van der Waals surface area (Å²) in [6.45, 7) is 6.29. The molecule has 0 aromatic carbocycles. The fourth-order valence-electron chi connectivity index (χ4n) is 4.26. The Hall–Kier alpha value is -4.22. The van der Waals surface area contributed by atoms with E-state index in [4.69, 9.17) is 42.7 Å². The maximum Gasteiger partial charge on any atom is 0.335 e. The second-order valence-electron chi connectivity index (χ2n) is 11.0. The van der Waals surface area contributed by atoms with E-state index in [1.165, 1.54) is 0 Å². The Bertz CT molecular complexity index is 1290. The molecule has 21 nitrogen and oxygen atoms in total. The maximum atomic E-state index is 12.0. The topological polar surface area (TPSA) is 235 Å². The summed E-state index contributed by atoms with van der Waals surface area (Å²) in [4.78, 5) is 75.1. The van der Waals surface area contributed by atoms with Crippen LogP contribution in [0.4, 0.5) is 0 Å². The van der Waals surface area contributed by atoms with Crippen molar-refractivity contribution in [3.05, 3.63) is 24.0 Å². The third-order valence-corrected chi connectivity index (χ3v) is 6.97. The molecule has 21 heteroatoms. The number of nitrogens with zero attached hydrogens (tertiary/aromatic N) is 5. The van der Waals surface area contributed by atoms with Crippen LogP contribution in [0.15, 0.2) is 18.3 Å². The fraction of sp³-hybridized carbons (Fsp3) is 0.688. The summed E-state index contributed by atoms with van der Waals surface area (Å²) in [6.07, 6.45) is 3.93. The highest BCUT2D eigenvalue weighted by Crippen LogP contribution is 2.12. The number of hydroxylamine groups is 2. The van der Waals surface area contributed by atoms with Gasteiger partial charge in [0.25, 0.3) is 23.6 Å². The molecule has 0 spiro atoms. The molecule has 1 aromatic rings. The minimum Gasteiger partial charge on any atom is -0.378 e. The van der Waals surface area contributed by atoms with Crippen molar-refractivity contribution in [2.24, 2.45) is 0 Å². The summed E-state index contributed by atoms with van der Waals surface area (Å²) in [7, 11) is 0. The molecule has 2 aliphatic rings. The number of amides is 5. The van der Waals surface area contributed by atoms with Crippen LogP contribution in [0.3, 0.4) is 0 Å². The van der Waals surface area contributed by atoms with Gasteiger partial charge in [-0.25, -0.2) is 9.48 Å².